The maximum Gasteiger partial charge on any atom is 0.314 e. The molecular formula is C26H24F2N4O4. The Morgan fingerprint density at radius 3 is 2.08 bits per heavy atom. The number of hydrogen-bond donors (Lipinski definition) is 1. The van der Waals surface area contributed by atoms with Crippen molar-refractivity contribution in [2.24, 2.45) is 0 Å². The van der Waals surface area contributed by atoms with Gasteiger partial charge in [0.2, 0.25) is 0 Å². The molecule has 8 nitrogen and oxygen atoms in total. The highest BCUT2D eigenvalue weighted by molar-refractivity contribution is 6.06. The molecule has 10 heteroatoms. The van der Waals surface area contributed by atoms with Crippen molar-refractivity contribution < 1.29 is 23.1 Å². The molecule has 3 rings (SSSR count). The summed E-state index contributed by atoms with van der Waals surface area (Å²) in [4.78, 5) is 41.0. The van der Waals surface area contributed by atoms with Crippen LogP contribution in [-0.4, -0.2) is 27.1 Å². The molecule has 1 aromatic heterocycles. The predicted molar refractivity (Wildman–Crippen MR) is 130 cm³/mol. The molecule has 0 radical (unpaired) electrons. The average Bonchev–Trinajstić information content (AvgIpc) is 3.18. The van der Waals surface area contributed by atoms with Crippen LogP contribution >= 0.6 is 0 Å². The number of aromatic amines is 1. The molecule has 0 spiro atoms. The standard InChI is InChI=1S/C14H14FNO3.C12H10FN3O/c1-14(2,3)19-13(18)8-12(17)9-5-10(15)7-11(6-9)16-4;1-3-16-12(17)7-11(15-16)8-4-9(13)6-10(5-8)14-2/h5-7H,8H2,1-3H3;4-7,15H,3H2,1H3. The minimum atomic E-state index is -0.680. The first-order valence-electron chi connectivity index (χ1n) is 10.8. The summed E-state index contributed by atoms with van der Waals surface area (Å²) in [6.07, 6.45) is -0.474. The lowest BCUT2D eigenvalue weighted by Crippen LogP contribution is -2.25. The van der Waals surface area contributed by atoms with Gasteiger partial charge in [-0.3, -0.25) is 24.2 Å². The van der Waals surface area contributed by atoms with E-state index in [2.05, 4.69) is 14.8 Å². The second-order valence-electron chi connectivity index (χ2n) is 8.56. The van der Waals surface area contributed by atoms with Gasteiger partial charge < -0.3 is 4.74 Å². The highest BCUT2D eigenvalue weighted by Gasteiger charge is 2.20. The highest BCUT2D eigenvalue weighted by atomic mass is 19.1. The fraction of sp³-hybridized carbons (Fsp3) is 0.269. The Balaban J connectivity index is 0.000000255. The molecule has 0 saturated heterocycles. The van der Waals surface area contributed by atoms with Crippen LogP contribution in [0.15, 0.2) is 47.3 Å². The number of ether oxygens (including phenoxy) is 1. The summed E-state index contributed by atoms with van der Waals surface area (Å²) in [5.41, 5.74) is 0.396. The first kappa shape index (κ1) is 27.7. The molecular weight excluding hydrogens is 470 g/mol. The first-order chi connectivity index (χ1) is 16.8. The number of aryl methyl sites for hydroxylation is 1. The lowest BCUT2D eigenvalue weighted by molar-refractivity contribution is -0.153. The summed E-state index contributed by atoms with van der Waals surface area (Å²) in [7, 11) is 0. The van der Waals surface area contributed by atoms with Gasteiger partial charge in [-0.2, -0.15) is 0 Å². The number of nitrogens with zero attached hydrogens (tertiary/aromatic N) is 3. The van der Waals surface area contributed by atoms with Crippen LogP contribution < -0.4 is 5.56 Å². The summed E-state index contributed by atoms with van der Waals surface area (Å²) in [6, 6.07) is 8.67. The van der Waals surface area contributed by atoms with E-state index in [1.165, 1.54) is 22.9 Å². The van der Waals surface area contributed by atoms with Crippen molar-refractivity contribution in [3.63, 3.8) is 0 Å². The Morgan fingerprint density at radius 2 is 1.56 bits per heavy atom. The molecule has 0 fully saturated rings. The molecule has 3 aromatic rings. The summed E-state index contributed by atoms with van der Waals surface area (Å²) in [6.45, 7) is 21.1. The molecule has 0 aliphatic carbocycles. The number of hydrogen-bond acceptors (Lipinski definition) is 4. The largest absolute Gasteiger partial charge is 0.460 e. The van der Waals surface area contributed by atoms with Crippen molar-refractivity contribution in [3.05, 3.63) is 92.9 Å². The van der Waals surface area contributed by atoms with E-state index in [0.717, 1.165) is 18.2 Å². The van der Waals surface area contributed by atoms with Crippen LogP contribution in [0.2, 0.25) is 0 Å². The quantitative estimate of drug-likeness (QED) is 0.209. The molecule has 0 aliphatic heterocycles. The van der Waals surface area contributed by atoms with E-state index in [0.29, 0.717) is 17.8 Å². The number of carbonyl (C=O) groups is 2. The van der Waals surface area contributed by atoms with Gasteiger partial charge in [-0.1, -0.05) is 0 Å². The van der Waals surface area contributed by atoms with Gasteiger partial charge in [-0.25, -0.2) is 18.5 Å². The minimum absolute atomic E-state index is 0.00291. The number of esters is 1. The highest BCUT2D eigenvalue weighted by Crippen LogP contribution is 2.24. The van der Waals surface area contributed by atoms with E-state index >= 15 is 0 Å². The number of halogens is 2. The molecule has 2 aromatic carbocycles. The number of benzene rings is 2. The first-order valence-corrected chi connectivity index (χ1v) is 10.8. The summed E-state index contributed by atoms with van der Waals surface area (Å²) in [5, 5.41) is 2.86. The van der Waals surface area contributed by atoms with Gasteiger partial charge in [0.1, 0.15) is 23.7 Å². The van der Waals surface area contributed by atoms with Crippen molar-refractivity contribution >= 4 is 23.1 Å². The van der Waals surface area contributed by atoms with Gasteiger partial charge in [-0.05, 0) is 69.7 Å². The third-order valence-electron chi connectivity index (χ3n) is 4.49. The molecule has 0 amide bonds. The number of ketones is 1. The van der Waals surface area contributed by atoms with Crippen molar-refractivity contribution in [2.75, 3.05) is 0 Å². The molecule has 36 heavy (non-hydrogen) atoms. The van der Waals surface area contributed by atoms with Gasteiger partial charge >= 0.3 is 5.97 Å². The van der Waals surface area contributed by atoms with E-state index in [-0.39, 0.29) is 22.5 Å². The summed E-state index contributed by atoms with van der Waals surface area (Å²) in [5.74, 6) is -2.41. The monoisotopic (exact) mass is 494 g/mol. The average molecular weight is 494 g/mol. The second kappa shape index (κ2) is 11.7. The number of rotatable bonds is 5. The lowest BCUT2D eigenvalue weighted by Gasteiger charge is -2.19. The van der Waals surface area contributed by atoms with Crippen LogP contribution in [0.1, 0.15) is 44.5 Å². The fourth-order valence-corrected chi connectivity index (χ4v) is 3.02. The zero-order valence-corrected chi connectivity index (χ0v) is 20.2. The molecule has 0 saturated carbocycles. The smallest absolute Gasteiger partial charge is 0.314 e. The Kier molecular flexibility index (Phi) is 9.01. The third kappa shape index (κ3) is 8.03. The number of Topliss-reactive ketones (excluding diaryl/α,β-unsaturated/α-hetero) is 1. The van der Waals surface area contributed by atoms with Crippen LogP contribution in [0.25, 0.3) is 20.9 Å². The minimum Gasteiger partial charge on any atom is -0.460 e. The van der Waals surface area contributed by atoms with Crippen molar-refractivity contribution in [1.82, 2.24) is 9.78 Å². The molecule has 1 heterocycles. The van der Waals surface area contributed by atoms with E-state index in [1.54, 1.807) is 26.8 Å². The van der Waals surface area contributed by atoms with Crippen molar-refractivity contribution in [3.8, 4) is 11.3 Å². The van der Waals surface area contributed by atoms with Gasteiger partial charge in [0.15, 0.2) is 17.2 Å². The lowest BCUT2D eigenvalue weighted by atomic mass is 10.1. The van der Waals surface area contributed by atoms with Crippen molar-refractivity contribution in [1.29, 1.82) is 0 Å². The Hall–Kier alpha value is -4.57. The Morgan fingerprint density at radius 1 is 0.972 bits per heavy atom. The summed E-state index contributed by atoms with van der Waals surface area (Å²) >= 11 is 0. The molecule has 0 aliphatic rings. The van der Waals surface area contributed by atoms with Gasteiger partial charge in [0.25, 0.3) is 5.56 Å². The number of H-pyrrole nitrogens is 1. The second-order valence-corrected chi connectivity index (χ2v) is 8.56. The Labute approximate surface area is 206 Å². The number of nitrogens with one attached hydrogen (secondary N) is 1. The molecule has 186 valence electrons. The van der Waals surface area contributed by atoms with Crippen LogP contribution in [0.3, 0.4) is 0 Å². The fourth-order valence-electron chi connectivity index (χ4n) is 3.02. The molecule has 0 atom stereocenters. The number of aromatic nitrogens is 2. The van der Waals surface area contributed by atoms with E-state index < -0.39 is 35.4 Å². The van der Waals surface area contributed by atoms with Crippen molar-refractivity contribution in [2.45, 2.75) is 46.3 Å². The van der Waals surface area contributed by atoms with Crippen LogP contribution in [0.4, 0.5) is 20.2 Å². The SMILES string of the molecule is [C-]#[N+]c1cc(F)cc(-c2cc(=O)n(CC)[nH]2)c1.[C-]#[N+]c1cc(F)cc(C(=O)CC(=O)OC(C)(C)C)c1. The van der Waals surface area contributed by atoms with E-state index in [9.17, 15) is 23.2 Å². The van der Waals surface area contributed by atoms with Gasteiger partial charge in [0, 0.05) is 18.2 Å². The topological polar surface area (TPSA) is 89.9 Å². The van der Waals surface area contributed by atoms with Gasteiger partial charge in [-0.15, -0.1) is 0 Å². The molecule has 0 bridgehead atoms. The van der Waals surface area contributed by atoms with Crippen LogP contribution in [0.5, 0.6) is 0 Å². The zero-order chi connectivity index (χ0) is 27.0. The molecule has 0 unspecified atom stereocenters. The van der Waals surface area contributed by atoms with E-state index in [4.69, 9.17) is 17.9 Å². The zero-order valence-electron chi connectivity index (χ0n) is 20.2. The number of carbonyl (C=O) groups excluding carboxylic acids is 2. The Bertz CT molecular complexity index is 1420. The predicted octanol–water partition coefficient (Wildman–Crippen LogP) is 5.84. The van der Waals surface area contributed by atoms with E-state index in [1.807, 2.05) is 6.92 Å². The third-order valence-corrected chi connectivity index (χ3v) is 4.49. The van der Waals surface area contributed by atoms with Crippen LogP contribution in [-0.2, 0) is 16.1 Å². The van der Waals surface area contributed by atoms with Crippen LogP contribution in [0, 0.1) is 24.8 Å². The maximum absolute atomic E-state index is 13.2. The molecule has 1 N–H and O–H groups in total. The normalized spacial score (nSPS) is 10.4. The summed E-state index contributed by atoms with van der Waals surface area (Å²) < 4.78 is 32.8. The van der Waals surface area contributed by atoms with Gasteiger partial charge in [0.05, 0.1) is 18.8 Å². The maximum atomic E-state index is 13.2.